The predicted octanol–water partition coefficient (Wildman–Crippen LogP) is 3.27. The Morgan fingerprint density at radius 3 is 2.85 bits per heavy atom. The van der Waals surface area contributed by atoms with Crippen LogP contribution in [0.4, 0.5) is 10.6 Å². The summed E-state index contributed by atoms with van der Waals surface area (Å²) in [5.41, 5.74) is -0.449. The van der Waals surface area contributed by atoms with Crippen LogP contribution < -0.4 is 5.32 Å². The van der Waals surface area contributed by atoms with Gasteiger partial charge in [-0.1, -0.05) is 0 Å². The molecule has 1 aliphatic rings. The summed E-state index contributed by atoms with van der Waals surface area (Å²) in [4.78, 5) is 18.0. The Morgan fingerprint density at radius 2 is 2.25 bits per heavy atom. The standard InChI is InChI=1S/C14H20BrN3O2/c1-14(2,3)20-13(19)18-7-6-11(9-18)17-12-5-4-10(15)8-16-12/h4-5,8,11H,6-7,9H2,1-3H3,(H,16,17). The molecular weight excluding hydrogens is 322 g/mol. The fraction of sp³-hybridized carbons (Fsp3) is 0.571. The van der Waals surface area contributed by atoms with Crippen LogP contribution in [0.2, 0.25) is 0 Å². The lowest BCUT2D eigenvalue weighted by molar-refractivity contribution is 0.0293. The second-order valence-electron chi connectivity index (χ2n) is 5.92. The number of rotatable bonds is 2. The van der Waals surface area contributed by atoms with Crippen molar-refractivity contribution in [2.75, 3.05) is 18.4 Å². The van der Waals surface area contributed by atoms with E-state index in [1.165, 1.54) is 0 Å². The molecule has 0 spiro atoms. The second-order valence-corrected chi connectivity index (χ2v) is 6.83. The van der Waals surface area contributed by atoms with Gasteiger partial charge >= 0.3 is 6.09 Å². The zero-order valence-corrected chi connectivity index (χ0v) is 13.6. The molecule has 2 rings (SSSR count). The molecule has 1 N–H and O–H groups in total. The van der Waals surface area contributed by atoms with Gasteiger partial charge in [0, 0.05) is 29.8 Å². The molecule has 110 valence electrons. The lowest BCUT2D eigenvalue weighted by Gasteiger charge is -2.24. The highest BCUT2D eigenvalue weighted by molar-refractivity contribution is 9.10. The number of hydrogen-bond donors (Lipinski definition) is 1. The summed E-state index contributed by atoms with van der Waals surface area (Å²) in [5, 5.41) is 3.33. The molecule has 1 fully saturated rings. The van der Waals surface area contributed by atoms with Crippen LogP contribution in [0, 0.1) is 0 Å². The van der Waals surface area contributed by atoms with Gasteiger partial charge in [-0.2, -0.15) is 0 Å². The van der Waals surface area contributed by atoms with Crippen LogP contribution in [0.15, 0.2) is 22.8 Å². The van der Waals surface area contributed by atoms with Crippen LogP contribution in [-0.4, -0.2) is 40.7 Å². The van der Waals surface area contributed by atoms with Gasteiger partial charge in [-0.3, -0.25) is 0 Å². The highest BCUT2D eigenvalue weighted by atomic mass is 79.9. The second kappa shape index (κ2) is 5.99. The van der Waals surface area contributed by atoms with Crippen LogP contribution in [0.5, 0.6) is 0 Å². The summed E-state index contributed by atoms with van der Waals surface area (Å²) in [6.07, 6.45) is 2.41. The number of ether oxygens (including phenoxy) is 1. The van der Waals surface area contributed by atoms with Gasteiger partial charge in [0.05, 0.1) is 0 Å². The van der Waals surface area contributed by atoms with Gasteiger partial charge < -0.3 is 15.0 Å². The number of pyridine rings is 1. The first kappa shape index (κ1) is 15.1. The number of halogens is 1. The van der Waals surface area contributed by atoms with E-state index in [9.17, 15) is 4.79 Å². The van der Waals surface area contributed by atoms with E-state index in [0.29, 0.717) is 13.1 Å². The SMILES string of the molecule is CC(C)(C)OC(=O)N1CCC(Nc2ccc(Br)cn2)C1. The quantitative estimate of drug-likeness (QED) is 0.896. The Balaban J connectivity index is 1.86. The summed E-state index contributed by atoms with van der Waals surface area (Å²) in [6, 6.07) is 4.08. The lowest BCUT2D eigenvalue weighted by Crippen LogP contribution is -2.36. The van der Waals surface area contributed by atoms with Crippen molar-refractivity contribution in [3.63, 3.8) is 0 Å². The first-order chi connectivity index (χ1) is 9.33. The zero-order chi connectivity index (χ0) is 14.8. The highest BCUT2D eigenvalue weighted by Gasteiger charge is 2.29. The van der Waals surface area contributed by atoms with E-state index in [-0.39, 0.29) is 12.1 Å². The molecule has 1 atom stereocenters. The molecule has 1 aromatic rings. The minimum atomic E-state index is -0.449. The van der Waals surface area contributed by atoms with Crippen LogP contribution in [-0.2, 0) is 4.74 Å². The summed E-state index contributed by atoms with van der Waals surface area (Å²) in [5.74, 6) is 0.823. The van der Waals surface area contributed by atoms with Crippen molar-refractivity contribution in [3.05, 3.63) is 22.8 Å². The third kappa shape index (κ3) is 4.37. The van der Waals surface area contributed by atoms with Gasteiger partial charge in [-0.25, -0.2) is 9.78 Å². The van der Waals surface area contributed by atoms with Crippen molar-refractivity contribution >= 4 is 27.8 Å². The topological polar surface area (TPSA) is 54.5 Å². The molecule has 20 heavy (non-hydrogen) atoms. The van der Waals surface area contributed by atoms with Gasteiger partial charge in [0.15, 0.2) is 0 Å². The number of carbonyl (C=O) groups excluding carboxylic acids is 1. The Bertz CT molecular complexity index is 470. The minimum Gasteiger partial charge on any atom is -0.444 e. The number of carbonyl (C=O) groups is 1. The van der Waals surface area contributed by atoms with Crippen molar-refractivity contribution < 1.29 is 9.53 Å². The van der Waals surface area contributed by atoms with E-state index < -0.39 is 5.60 Å². The molecule has 1 saturated heterocycles. The zero-order valence-electron chi connectivity index (χ0n) is 12.0. The van der Waals surface area contributed by atoms with Crippen molar-refractivity contribution in [3.8, 4) is 0 Å². The molecule has 0 saturated carbocycles. The summed E-state index contributed by atoms with van der Waals surface area (Å²) in [7, 11) is 0. The molecule has 6 heteroatoms. The Labute approximate surface area is 127 Å². The first-order valence-electron chi connectivity index (χ1n) is 6.69. The van der Waals surface area contributed by atoms with E-state index in [4.69, 9.17) is 4.74 Å². The summed E-state index contributed by atoms with van der Waals surface area (Å²) >= 11 is 3.35. The first-order valence-corrected chi connectivity index (χ1v) is 7.49. The highest BCUT2D eigenvalue weighted by Crippen LogP contribution is 2.18. The van der Waals surface area contributed by atoms with E-state index in [0.717, 1.165) is 16.7 Å². The van der Waals surface area contributed by atoms with Crippen molar-refractivity contribution in [1.82, 2.24) is 9.88 Å². The maximum absolute atomic E-state index is 12.0. The van der Waals surface area contributed by atoms with Crippen LogP contribution in [0.1, 0.15) is 27.2 Å². The molecule has 1 amide bonds. The molecule has 5 nitrogen and oxygen atoms in total. The number of nitrogens with zero attached hydrogens (tertiary/aromatic N) is 2. The van der Waals surface area contributed by atoms with Crippen molar-refractivity contribution in [1.29, 1.82) is 0 Å². The maximum Gasteiger partial charge on any atom is 0.410 e. The molecule has 1 unspecified atom stereocenters. The van der Waals surface area contributed by atoms with Gasteiger partial charge in [0.1, 0.15) is 11.4 Å². The monoisotopic (exact) mass is 341 g/mol. The number of anilines is 1. The predicted molar refractivity (Wildman–Crippen MR) is 81.8 cm³/mol. The number of aromatic nitrogens is 1. The van der Waals surface area contributed by atoms with Crippen molar-refractivity contribution in [2.45, 2.75) is 38.8 Å². The summed E-state index contributed by atoms with van der Waals surface area (Å²) in [6.45, 7) is 6.99. The molecule has 1 aromatic heterocycles. The molecular formula is C14H20BrN3O2. The van der Waals surface area contributed by atoms with Gasteiger partial charge in [0.25, 0.3) is 0 Å². The normalized spacial score (nSPS) is 19.0. The van der Waals surface area contributed by atoms with Crippen molar-refractivity contribution in [2.24, 2.45) is 0 Å². The third-order valence-electron chi connectivity index (χ3n) is 2.92. The smallest absolute Gasteiger partial charge is 0.410 e. The van der Waals surface area contributed by atoms with Crippen LogP contribution in [0.3, 0.4) is 0 Å². The Morgan fingerprint density at radius 1 is 1.50 bits per heavy atom. The largest absolute Gasteiger partial charge is 0.444 e. The van der Waals surface area contributed by atoms with E-state index in [1.807, 2.05) is 32.9 Å². The molecule has 0 radical (unpaired) electrons. The Hall–Kier alpha value is -1.30. The van der Waals surface area contributed by atoms with Gasteiger partial charge in [-0.15, -0.1) is 0 Å². The molecule has 0 aromatic carbocycles. The Kier molecular flexibility index (Phi) is 4.52. The molecule has 2 heterocycles. The summed E-state index contributed by atoms with van der Waals surface area (Å²) < 4.78 is 6.32. The van der Waals surface area contributed by atoms with Crippen LogP contribution >= 0.6 is 15.9 Å². The minimum absolute atomic E-state index is 0.219. The molecule has 1 aliphatic heterocycles. The maximum atomic E-state index is 12.0. The number of amides is 1. The molecule has 0 aliphatic carbocycles. The fourth-order valence-corrected chi connectivity index (χ4v) is 2.28. The third-order valence-corrected chi connectivity index (χ3v) is 3.39. The number of likely N-dealkylation sites (tertiary alicyclic amines) is 1. The van der Waals surface area contributed by atoms with E-state index in [1.54, 1.807) is 11.1 Å². The average Bonchev–Trinajstić information content (AvgIpc) is 2.79. The van der Waals surface area contributed by atoms with E-state index in [2.05, 4.69) is 26.2 Å². The molecule has 0 bridgehead atoms. The number of hydrogen-bond acceptors (Lipinski definition) is 4. The number of nitrogens with one attached hydrogen (secondary N) is 1. The van der Waals surface area contributed by atoms with Crippen LogP contribution in [0.25, 0.3) is 0 Å². The van der Waals surface area contributed by atoms with Gasteiger partial charge in [0.2, 0.25) is 0 Å². The average molecular weight is 342 g/mol. The van der Waals surface area contributed by atoms with E-state index >= 15 is 0 Å². The van der Waals surface area contributed by atoms with Gasteiger partial charge in [-0.05, 0) is 55.3 Å². The lowest BCUT2D eigenvalue weighted by atomic mass is 10.2. The fourth-order valence-electron chi connectivity index (χ4n) is 2.04.